The zero-order valence-electron chi connectivity index (χ0n) is 12.5. The zero-order valence-corrected chi connectivity index (χ0v) is 14.1. The number of aromatic nitrogens is 2. The van der Waals surface area contributed by atoms with Gasteiger partial charge in [0.1, 0.15) is 0 Å². The lowest BCUT2D eigenvalue weighted by molar-refractivity contribution is 0.0951. The maximum atomic E-state index is 12.1. The number of amides is 1. The molecule has 0 aliphatic heterocycles. The molecular weight excluding hydrogens is 345 g/mol. The predicted octanol–water partition coefficient (Wildman–Crippen LogP) is 4.38. The van der Waals surface area contributed by atoms with Crippen molar-refractivity contribution in [1.82, 2.24) is 15.3 Å². The summed E-state index contributed by atoms with van der Waals surface area (Å²) in [4.78, 5) is 20.6. The molecule has 0 aliphatic rings. The van der Waals surface area contributed by atoms with Crippen LogP contribution in [-0.4, -0.2) is 15.9 Å². The maximum absolute atomic E-state index is 12.1. The molecule has 0 spiro atoms. The Kier molecular flexibility index (Phi) is 5.08. The second-order valence-corrected chi connectivity index (χ2v) is 5.92. The van der Waals surface area contributed by atoms with Gasteiger partial charge in [-0.1, -0.05) is 29.3 Å². The standard InChI is InChI=1S/C18H13Cl2N3O/c19-15-5-4-13(8-16(15)20)18(24)23-10-12-3-6-17(22-9-12)14-2-1-7-21-11-14/h1-9,11H,10H2,(H,23,24). The first kappa shape index (κ1) is 16.4. The molecule has 24 heavy (non-hydrogen) atoms. The van der Waals surface area contributed by atoms with Gasteiger partial charge in [-0.2, -0.15) is 0 Å². The minimum atomic E-state index is -0.218. The summed E-state index contributed by atoms with van der Waals surface area (Å²) in [5.41, 5.74) is 3.15. The molecule has 0 saturated heterocycles. The molecule has 0 radical (unpaired) electrons. The van der Waals surface area contributed by atoms with Gasteiger partial charge in [-0.05, 0) is 42.0 Å². The first-order valence-electron chi connectivity index (χ1n) is 7.22. The van der Waals surface area contributed by atoms with Gasteiger partial charge in [0, 0.05) is 36.3 Å². The van der Waals surface area contributed by atoms with E-state index in [-0.39, 0.29) is 5.91 Å². The van der Waals surface area contributed by atoms with Gasteiger partial charge in [-0.3, -0.25) is 14.8 Å². The molecule has 0 unspecified atom stereocenters. The van der Waals surface area contributed by atoms with Crippen LogP contribution in [0.3, 0.4) is 0 Å². The number of hydrogen-bond donors (Lipinski definition) is 1. The Morgan fingerprint density at radius 2 is 1.92 bits per heavy atom. The van der Waals surface area contributed by atoms with E-state index in [1.54, 1.807) is 36.8 Å². The highest BCUT2D eigenvalue weighted by Crippen LogP contribution is 2.22. The second kappa shape index (κ2) is 7.43. The van der Waals surface area contributed by atoms with Gasteiger partial charge in [-0.25, -0.2) is 0 Å². The molecule has 2 aromatic heterocycles. The van der Waals surface area contributed by atoms with Gasteiger partial charge in [0.2, 0.25) is 0 Å². The molecule has 4 nitrogen and oxygen atoms in total. The third-order valence-corrected chi connectivity index (χ3v) is 4.16. The van der Waals surface area contributed by atoms with Gasteiger partial charge in [-0.15, -0.1) is 0 Å². The molecule has 3 rings (SSSR count). The van der Waals surface area contributed by atoms with Crippen molar-refractivity contribution >= 4 is 29.1 Å². The molecule has 2 heterocycles. The van der Waals surface area contributed by atoms with Gasteiger partial charge in [0.15, 0.2) is 0 Å². The average Bonchev–Trinajstić information content (AvgIpc) is 2.63. The lowest BCUT2D eigenvalue weighted by Gasteiger charge is -2.07. The molecule has 0 saturated carbocycles. The normalized spacial score (nSPS) is 10.4. The number of nitrogens with zero attached hydrogens (tertiary/aromatic N) is 2. The molecule has 1 N–H and O–H groups in total. The fourth-order valence-corrected chi connectivity index (χ4v) is 2.43. The number of carbonyl (C=O) groups excluding carboxylic acids is 1. The van der Waals surface area contributed by atoms with E-state index in [4.69, 9.17) is 23.2 Å². The smallest absolute Gasteiger partial charge is 0.251 e. The fourth-order valence-electron chi connectivity index (χ4n) is 2.14. The average molecular weight is 358 g/mol. The molecule has 6 heteroatoms. The largest absolute Gasteiger partial charge is 0.348 e. The summed E-state index contributed by atoms with van der Waals surface area (Å²) in [6.45, 7) is 0.374. The van der Waals surface area contributed by atoms with Crippen LogP contribution in [-0.2, 0) is 6.54 Å². The highest BCUT2D eigenvalue weighted by Gasteiger charge is 2.08. The number of halogens is 2. The van der Waals surface area contributed by atoms with E-state index in [1.807, 2.05) is 24.3 Å². The van der Waals surface area contributed by atoms with Crippen LogP contribution in [0.2, 0.25) is 10.0 Å². The molecule has 3 aromatic rings. The Morgan fingerprint density at radius 3 is 2.58 bits per heavy atom. The van der Waals surface area contributed by atoms with Crippen LogP contribution in [0.1, 0.15) is 15.9 Å². The van der Waals surface area contributed by atoms with Crippen molar-refractivity contribution in [3.63, 3.8) is 0 Å². The lowest BCUT2D eigenvalue weighted by atomic mass is 10.1. The first-order chi connectivity index (χ1) is 11.6. The first-order valence-corrected chi connectivity index (χ1v) is 7.97. The van der Waals surface area contributed by atoms with E-state index in [9.17, 15) is 4.79 Å². The Hall–Kier alpha value is -2.43. The van der Waals surface area contributed by atoms with E-state index < -0.39 is 0 Å². The summed E-state index contributed by atoms with van der Waals surface area (Å²) in [5.74, 6) is -0.218. The Morgan fingerprint density at radius 1 is 1.04 bits per heavy atom. The van der Waals surface area contributed by atoms with Crippen molar-refractivity contribution in [1.29, 1.82) is 0 Å². The molecule has 0 fully saturated rings. The fraction of sp³-hybridized carbons (Fsp3) is 0.0556. The van der Waals surface area contributed by atoms with E-state index >= 15 is 0 Å². The molecule has 0 bridgehead atoms. The molecule has 1 aromatic carbocycles. The van der Waals surface area contributed by atoms with Crippen LogP contribution in [0.25, 0.3) is 11.3 Å². The van der Waals surface area contributed by atoms with Crippen LogP contribution in [0.4, 0.5) is 0 Å². The van der Waals surface area contributed by atoms with Crippen molar-refractivity contribution in [2.24, 2.45) is 0 Å². The Bertz CT molecular complexity index is 852. The second-order valence-electron chi connectivity index (χ2n) is 5.10. The van der Waals surface area contributed by atoms with Crippen molar-refractivity contribution in [3.05, 3.63) is 82.2 Å². The molecular formula is C18H13Cl2N3O. The van der Waals surface area contributed by atoms with Crippen molar-refractivity contribution in [2.45, 2.75) is 6.54 Å². The summed E-state index contributed by atoms with van der Waals surface area (Å²) in [7, 11) is 0. The Labute approximate surface area is 149 Å². The highest BCUT2D eigenvalue weighted by molar-refractivity contribution is 6.42. The van der Waals surface area contributed by atoms with E-state index in [1.165, 1.54) is 0 Å². The minimum absolute atomic E-state index is 0.218. The molecule has 120 valence electrons. The SMILES string of the molecule is O=C(NCc1ccc(-c2cccnc2)nc1)c1ccc(Cl)c(Cl)c1. The van der Waals surface area contributed by atoms with Gasteiger partial charge >= 0.3 is 0 Å². The van der Waals surface area contributed by atoms with E-state index in [2.05, 4.69) is 15.3 Å². The van der Waals surface area contributed by atoms with Crippen LogP contribution >= 0.6 is 23.2 Å². The molecule has 0 aliphatic carbocycles. The van der Waals surface area contributed by atoms with Crippen molar-refractivity contribution < 1.29 is 4.79 Å². The number of rotatable bonds is 4. The highest BCUT2D eigenvalue weighted by atomic mass is 35.5. The summed E-state index contributed by atoms with van der Waals surface area (Å²) < 4.78 is 0. The van der Waals surface area contributed by atoms with Crippen molar-refractivity contribution in [2.75, 3.05) is 0 Å². The summed E-state index contributed by atoms with van der Waals surface area (Å²) in [5, 5.41) is 3.60. The quantitative estimate of drug-likeness (QED) is 0.753. The molecule has 0 atom stereocenters. The maximum Gasteiger partial charge on any atom is 0.251 e. The zero-order chi connectivity index (χ0) is 16.9. The van der Waals surface area contributed by atoms with Crippen molar-refractivity contribution in [3.8, 4) is 11.3 Å². The topological polar surface area (TPSA) is 54.9 Å². The number of benzene rings is 1. The summed E-state index contributed by atoms with van der Waals surface area (Å²) in [6.07, 6.45) is 5.21. The summed E-state index contributed by atoms with van der Waals surface area (Å²) in [6, 6.07) is 12.4. The number of hydrogen-bond acceptors (Lipinski definition) is 3. The summed E-state index contributed by atoms with van der Waals surface area (Å²) >= 11 is 11.8. The van der Waals surface area contributed by atoms with Crippen LogP contribution in [0.15, 0.2) is 61.1 Å². The van der Waals surface area contributed by atoms with E-state index in [0.717, 1.165) is 16.8 Å². The third-order valence-electron chi connectivity index (χ3n) is 3.42. The minimum Gasteiger partial charge on any atom is -0.348 e. The van der Waals surface area contributed by atoms with Crippen LogP contribution < -0.4 is 5.32 Å². The Balaban J connectivity index is 1.64. The predicted molar refractivity (Wildman–Crippen MR) is 95.1 cm³/mol. The lowest BCUT2D eigenvalue weighted by Crippen LogP contribution is -2.22. The third kappa shape index (κ3) is 3.91. The van der Waals surface area contributed by atoms with Gasteiger partial charge in [0.05, 0.1) is 15.7 Å². The number of pyridine rings is 2. The molecule has 1 amide bonds. The van der Waals surface area contributed by atoms with Gasteiger partial charge < -0.3 is 5.32 Å². The monoisotopic (exact) mass is 357 g/mol. The number of carbonyl (C=O) groups is 1. The van der Waals surface area contributed by atoms with Crippen LogP contribution in [0, 0.1) is 0 Å². The van der Waals surface area contributed by atoms with Gasteiger partial charge in [0.25, 0.3) is 5.91 Å². The van der Waals surface area contributed by atoms with E-state index in [0.29, 0.717) is 22.2 Å². The number of nitrogens with one attached hydrogen (secondary N) is 1. The van der Waals surface area contributed by atoms with Crippen LogP contribution in [0.5, 0.6) is 0 Å².